The summed E-state index contributed by atoms with van der Waals surface area (Å²) in [6.45, 7) is -0.899. The highest BCUT2D eigenvalue weighted by Crippen LogP contribution is 2.18. The highest BCUT2D eigenvalue weighted by atomic mass is 35.5. The molecule has 0 aliphatic rings. The molecule has 0 aromatic heterocycles. The van der Waals surface area contributed by atoms with Crippen LogP contribution < -0.4 is 0 Å². The van der Waals surface area contributed by atoms with E-state index in [2.05, 4.69) is 4.74 Å². The molecule has 1 amide bonds. The van der Waals surface area contributed by atoms with Crippen LogP contribution in [0, 0.1) is 5.82 Å². The Labute approximate surface area is 173 Å². The third kappa shape index (κ3) is 5.99. The second-order valence-corrected chi connectivity index (χ2v) is 8.58. The van der Waals surface area contributed by atoms with E-state index in [1.165, 1.54) is 14.2 Å². The molecule has 0 spiro atoms. The van der Waals surface area contributed by atoms with Crippen LogP contribution in [0.25, 0.3) is 0 Å². The summed E-state index contributed by atoms with van der Waals surface area (Å²) in [5, 5.41) is 0.405. The Morgan fingerprint density at radius 1 is 1.07 bits per heavy atom. The van der Waals surface area contributed by atoms with Crippen LogP contribution in [0.15, 0.2) is 53.4 Å². The zero-order valence-corrected chi connectivity index (χ0v) is 17.4. The summed E-state index contributed by atoms with van der Waals surface area (Å²) in [6, 6.07) is 11.0. The number of esters is 1. The molecule has 0 bridgehead atoms. The normalized spacial score (nSPS) is 11.3. The molecule has 7 nitrogen and oxygen atoms in total. The number of nitrogens with zero attached hydrogens (tertiary/aromatic N) is 2. The van der Waals surface area contributed by atoms with E-state index in [-0.39, 0.29) is 18.0 Å². The van der Waals surface area contributed by atoms with Crippen molar-refractivity contribution in [3.63, 3.8) is 0 Å². The van der Waals surface area contributed by atoms with Crippen LogP contribution in [-0.4, -0.2) is 56.7 Å². The van der Waals surface area contributed by atoms with E-state index in [1.807, 2.05) is 0 Å². The Balaban J connectivity index is 2.20. The average molecular weight is 443 g/mol. The van der Waals surface area contributed by atoms with Gasteiger partial charge in [0.2, 0.25) is 15.9 Å². The topological polar surface area (TPSA) is 84.0 Å². The van der Waals surface area contributed by atoms with Gasteiger partial charge in [-0.15, -0.1) is 0 Å². The number of carbonyl (C=O) groups is 2. The average Bonchev–Trinajstić information content (AvgIpc) is 2.69. The van der Waals surface area contributed by atoms with E-state index >= 15 is 0 Å². The maximum Gasteiger partial charge on any atom is 0.325 e. The molecule has 0 aliphatic heterocycles. The van der Waals surface area contributed by atoms with Gasteiger partial charge in [-0.2, -0.15) is 4.31 Å². The van der Waals surface area contributed by atoms with Gasteiger partial charge in [-0.3, -0.25) is 9.59 Å². The van der Waals surface area contributed by atoms with E-state index in [1.54, 1.807) is 24.3 Å². The third-order valence-corrected chi connectivity index (χ3v) is 6.29. The Bertz CT molecular complexity index is 982. The van der Waals surface area contributed by atoms with Crippen molar-refractivity contribution in [2.45, 2.75) is 11.4 Å². The van der Waals surface area contributed by atoms with Gasteiger partial charge in [0.1, 0.15) is 12.4 Å². The first-order valence-electron chi connectivity index (χ1n) is 8.45. The van der Waals surface area contributed by atoms with Crippen molar-refractivity contribution >= 4 is 33.5 Å². The number of hydrogen-bond donors (Lipinski definition) is 0. The van der Waals surface area contributed by atoms with Gasteiger partial charge in [0.25, 0.3) is 0 Å². The van der Waals surface area contributed by atoms with Crippen LogP contribution in [0.4, 0.5) is 4.39 Å². The largest absolute Gasteiger partial charge is 0.468 e. The van der Waals surface area contributed by atoms with E-state index < -0.39 is 34.3 Å². The summed E-state index contributed by atoms with van der Waals surface area (Å²) >= 11 is 6.12. The number of amides is 1. The molecule has 0 saturated heterocycles. The maximum atomic E-state index is 13.1. The quantitative estimate of drug-likeness (QED) is 0.586. The first kappa shape index (κ1) is 22.8. The molecule has 0 aliphatic carbocycles. The molecule has 0 atom stereocenters. The predicted octanol–water partition coefficient (Wildman–Crippen LogP) is 2.30. The predicted molar refractivity (Wildman–Crippen MR) is 105 cm³/mol. The van der Waals surface area contributed by atoms with Crippen LogP contribution in [0.5, 0.6) is 0 Å². The first-order valence-corrected chi connectivity index (χ1v) is 10.3. The van der Waals surface area contributed by atoms with Crippen molar-refractivity contribution in [2.24, 2.45) is 0 Å². The second kappa shape index (κ2) is 9.82. The van der Waals surface area contributed by atoms with Crippen molar-refractivity contribution < 1.29 is 27.1 Å². The second-order valence-electron chi connectivity index (χ2n) is 6.13. The van der Waals surface area contributed by atoms with E-state index in [9.17, 15) is 22.4 Å². The lowest BCUT2D eigenvalue weighted by atomic mass is 10.2. The number of rotatable bonds is 8. The smallest absolute Gasteiger partial charge is 0.325 e. The number of sulfonamides is 1. The lowest BCUT2D eigenvalue weighted by Crippen LogP contribution is -2.43. The molecule has 0 saturated carbocycles. The minimum Gasteiger partial charge on any atom is -0.468 e. The standard InChI is InChI=1S/C19H20ClFN2O5S/c1-22(29(26,27)16-9-7-15(21)8-10-16)12-18(24)23(13-19(25)28-2)11-14-5-3-4-6-17(14)20/h3-10H,11-13H2,1-2H3. The van der Waals surface area contributed by atoms with E-state index in [0.29, 0.717) is 10.6 Å². The first-order chi connectivity index (χ1) is 13.6. The molecule has 2 aromatic rings. The van der Waals surface area contributed by atoms with Gasteiger partial charge in [-0.05, 0) is 35.9 Å². The van der Waals surface area contributed by atoms with Crippen LogP contribution in [0.2, 0.25) is 5.02 Å². The molecule has 10 heteroatoms. The summed E-state index contributed by atoms with van der Waals surface area (Å²) in [5.74, 6) is -1.86. The summed E-state index contributed by atoms with van der Waals surface area (Å²) < 4.78 is 43.7. The molecule has 2 rings (SSSR count). The molecule has 156 valence electrons. The maximum absolute atomic E-state index is 13.1. The van der Waals surface area contributed by atoms with Gasteiger partial charge < -0.3 is 9.64 Å². The van der Waals surface area contributed by atoms with Crippen molar-refractivity contribution in [1.82, 2.24) is 9.21 Å². The molecule has 0 N–H and O–H groups in total. The molecule has 0 unspecified atom stereocenters. The fourth-order valence-electron chi connectivity index (χ4n) is 2.45. The summed E-state index contributed by atoms with van der Waals surface area (Å²) in [4.78, 5) is 25.5. The van der Waals surface area contributed by atoms with Crippen molar-refractivity contribution in [2.75, 3.05) is 27.2 Å². The molecule has 0 fully saturated rings. The number of benzene rings is 2. The fraction of sp³-hybridized carbons (Fsp3) is 0.263. The Kier molecular flexibility index (Phi) is 7.72. The monoisotopic (exact) mass is 442 g/mol. The van der Waals surface area contributed by atoms with E-state index in [4.69, 9.17) is 11.6 Å². The van der Waals surface area contributed by atoms with Crippen molar-refractivity contribution in [3.05, 3.63) is 64.9 Å². The van der Waals surface area contributed by atoms with Gasteiger partial charge in [0.15, 0.2) is 0 Å². The Hall–Kier alpha value is -2.49. The van der Waals surface area contributed by atoms with Gasteiger partial charge in [-0.1, -0.05) is 29.8 Å². The highest BCUT2D eigenvalue weighted by molar-refractivity contribution is 7.89. The summed E-state index contributed by atoms with van der Waals surface area (Å²) in [6.07, 6.45) is 0. The lowest BCUT2D eigenvalue weighted by Gasteiger charge is -2.25. The van der Waals surface area contributed by atoms with Crippen LogP contribution in [-0.2, 0) is 30.9 Å². The minimum absolute atomic E-state index is 0.00194. The number of hydrogen-bond acceptors (Lipinski definition) is 5. The highest BCUT2D eigenvalue weighted by Gasteiger charge is 2.26. The van der Waals surface area contributed by atoms with Gasteiger partial charge in [0, 0.05) is 18.6 Å². The van der Waals surface area contributed by atoms with Crippen LogP contribution in [0.3, 0.4) is 0 Å². The Morgan fingerprint density at radius 3 is 2.28 bits per heavy atom. The number of methoxy groups -OCH3 is 1. The number of likely N-dealkylation sites (N-methyl/N-ethyl adjacent to an activating group) is 1. The lowest BCUT2D eigenvalue weighted by molar-refractivity contribution is -0.147. The molecular weight excluding hydrogens is 423 g/mol. The van der Waals surface area contributed by atoms with E-state index in [0.717, 1.165) is 33.5 Å². The van der Waals surface area contributed by atoms with Gasteiger partial charge in [-0.25, -0.2) is 12.8 Å². The fourth-order valence-corrected chi connectivity index (χ4v) is 3.76. The zero-order valence-electron chi connectivity index (χ0n) is 15.8. The van der Waals surface area contributed by atoms with Gasteiger partial charge in [0.05, 0.1) is 18.6 Å². The minimum atomic E-state index is -4.02. The molecular formula is C19H20ClFN2O5S. The Morgan fingerprint density at radius 2 is 1.69 bits per heavy atom. The number of carbonyl (C=O) groups excluding carboxylic acids is 2. The summed E-state index contributed by atoms with van der Waals surface area (Å²) in [5.41, 5.74) is 0.593. The molecule has 0 radical (unpaired) electrons. The van der Waals surface area contributed by atoms with Crippen molar-refractivity contribution in [3.8, 4) is 0 Å². The molecule has 0 heterocycles. The number of halogens is 2. The molecule has 2 aromatic carbocycles. The van der Waals surface area contributed by atoms with Crippen LogP contribution >= 0.6 is 11.6 Å². The molecule has 29 heavy (non-hydrogen) atoms. The van der Waals surface area contributed by atoms with Crippen LogP contribution in [0.1, 0.15) is 5.56 Å². The third-order valence-electron chi connectivity index (χ3n) is 4.10. The SMILES string of the molecule is COC(=O)CN(Cc1ccccc1Cl)C(=O)CN(C)S(=O)(=O)c1ccc(F)cc1. The zero-order chi connectivity index (χ0) is 21.6. The number of ether oxygens (including phenoxy) is 1. The summed E-state index contributed by atoms with van der Waals surface area (Å²) in [7, 11) is -1.61. The van der Waals surface area contributed by atoms with Gasteiger partial charge >= 0.3 is 5.97 Å². The van der Waals surface area contributed by atoms with Crippen molar-refractivity contribution in [1.29, 1.82) is 0 Å².